The van der Waals surface area contributed by atoms with E-state index in [2.05, 4.69) is 10.3 Å². The van der Waals surface area contributed by atoms with Gasteiger partial charge in [-0.25, -0.2) is 0 Å². The maximum absolute atomic E-state index is 12.7. The Balaban J connectivity index is 0.00000280. The summed E-state index contributed by atoms with van der Waals surface area (Å²) in [7, 11) is 3.22. The van der Waals surface area contributed by atoms with Crippen LogP contribution in [0, 0.1) is 6.92 Å². The van der Waals surface area contributed by atoms with Crippen molar-refractivity contribution >= 4 is 40.5 Å². The molecule has 0 aliphatic carbocycles. The van der Waals surface area contributed by atoms with Gasteiger partial charge in [0.1, 0.15) is 11.5 Å². The van der Waals surface area contributed by atoms with E-state index in [-0.39, 0.29) is 18.2 Å². The summed E-state index contributed by atoms with van der Waals surface area (Å²) in [6.45, 7) is 4.01. The summed E-state index contributed by atoms with van der Waals surface area (Å²) in [4.78, 5) is 17.3. The van der Waals surface area contributed by atoms with Crippen LogP contribution >= 0.6 is 12.4 Å². The summed E-state index contributed by atoms with van der Waals surface area (Å²) in [6.07, 6.45) is 2.94. The fourth-order valence-electron chi connectivity index (χ4n) is 3.12. The second-order valence-corrected chi connectivity index (χ2v) is 6.38. The zero-order valence-electron chi connectivity index (χ0n) is 16.5. The first-order valence-electron chi connectivity index (χ1n) is 8.99. The maximum atomic E-state index is 12.7. The molecule has 3 aromatic rings. The van der Waals surface area contributed by atoms with Gasteiger partial charge in [-0.3, -0.25) is 9.78 Å². The van der Waals surface area contributed by atoms with Crippen LogP contribution in [0.1, 0.15) is 35.7 Å². The monoisotopic (exact) mass is 400 g/mol. The van der Waals surface area contributed by atoms with Crippen LogP contribution in [-0.2, 0) is 0 Å². The van der Waals surface area contributed by atoms with Gasteiger partial charge in [0.25, 0.3) is 0 Å². The van der Waals surface area contributed by atoms with Gasteiger partial charge in [-0.2, -0.15) is 0 Å². The van der Waals surface area contributed by atoms with Gasteiger partial charge in [0.2, 0.25) is 0 Å². The van der Waals surface area contributed by atoms with Gasteiger partial charge in [-0.1, -0.05) is 25.1 Å². The van der Waals surface area contributed by atoms with Crippen LogP contribution in [0.4, 0.5) is 11.4 Å². The van der Waals surface area contributed by atoms with E-state index < -0.39 is 0 Å². The first-order valence-corrected chi connectivity index (χ1v) is 8.99. The molecule has 0 unspecified atom stereocenters. The molecule has 0 saturated carbocycles. The van der Waals surface area contributed by atoms with Crippen molar-refractivity contribution in [3.05, 3.63) is 53.7 Å². The Bertz CT molecular complexity index is 989. The Hall–Kier alpha value is -2.79. The van der Waals surface area contributed by atoms with Crippen molar-refractivity contribution in [1.82, 2.24) is 4.98 Å². The molecule has 0 fully saturated rings. The summed E-state index contributed by atoms with van der Waals surface area (Å²) in [5.41, 5.74) is 4.04. The van der Waals surface area contributed by atoms with Crippen molar-refractivity contribution < 1.29 is 14.3 Å². The fourth-order valence-corrected chi connectivity index (χ4v) is 3.12. The van der Waals surface area contributed by atoms with E-state index in [9.17, 15) is 4.79 Å². The average Bonchev–Trinajstić information content (AvgIpc) is 2.69. The minimum absolute atomic E-state index is 0. The molecule has 1 aromatic heterocycles. The Morgan fingerprint density at radius 3 is 2.61 bits per heavy atom. The molecule has 1 N–H and O–H groups in total. The number of rotatable bonds is 7. The number of pyridine rings is 1. The average molecular weight is 401 g/mol. The number of aromatic nitrogens is 1. The molecule has 0 atom stereocenters. The molecule has 0 saturated heterocycles. The van der Waals surface area contributed by atoms with Crippen LogP contribution in [-0.4, -0.2) is 25.0 Å². The van der Waals surface area contributed by atoms with E-state index in [1.807, 2.05) is 50.2 Å². The molecule has 0 aliphatic heterocycles. The van der Waals surface area contributed by atoms with Crippen molar-refractivity contribution in [2.24, 2.45) is 0 Å². The molecule has 148 valence electrons. The molecule has 0 radical (unpaired) electrons. The number of halogens is 1. The Morgan fingerprint density at radius 2 is 1.93 bits per heavy atom. The summed E-state index contributed by atoms with van der Waals surface area (Å²) in [5.74, 6) is 1.42. The number of carbonyl (C=O) groups is 1. The maximum Gasteiger partial charge on any atom is 0.166 e. The van der Waals surface area contributed by atoms with E-state index >= 15 is 0 Å². The van der Waals surface area contributed by atoms with Crippen molar-refractivity contribution in [2.75, 3.05) is 19.5 Å². The second-order valence-electron chi connectivity index (χ2n) is 6.38. The van der Waals surface area contributed by atoms with Gasteiger partial charge in [-0.05, 0) is 31.0 Å². The number of ketones is 1. The third-order valence-corrected chi connectivity index (χ3v) is 4.55. The molecular formula is C22H25ClN2O3. The normalized spacial score (nSPS) is 10.3. The third-order valence-electron chi connectivity index (χ3n) is 4.55. The number of hydrogen-bond donors (Lipinski definition) is 1. The lowest BCUT2D eigenvalue weighted by atomic mass is 10.0. The smallest absolute Gasteiger partial charge is 0.166 e. The molecule has 1 heterocycles. The van der Waals surface area contributed by atoms with Gasteiger partial charge < -0.3 is 14.8 Å². The molecule has 0 bridgehead atoms. The molecule has 6 heteroatoms. The molecule has 0 spiro atoms. The topological polar surface area (TPSA) is 60.5 Å². The van der Waals surface area contributed by atoms with Crippen molar-refractivity contribution in [2.45, 2.75) is 26.7 Å². The molecule has 5 nitrogen and oxygen atoms in total. The summed E-state index contributed by atoms with van der Waals surface area (Å²) in [5, 5.41) is 4.32. The lowest BCUT2D eigenvalue weighted by Gasteiger charge is -2.17. The van der Waals surface area contributed by atoms with E-state index in [1.54, 1.807) is 20.4 Å². The lowest BCUT2D eigenvalue weighted by molar-refractivity contribution is 0.0982. The molecule has 0 amide bonds. The number of fused-ring (bicyclic) bond motifs is 1. The highest BCUT2D eigenvalue weighted by atomic mass is 35.5. The number of carbonyl (C=O) groups excluding carboxylic acids is 1. The molecule has 3 rings (SSSR count). The lowest BCUT2D eigenvalue weighted by Crippen LogP contribution is -2.06. The zero-order valence-corrected chi connectivity index (χ0v) is 17.4. The number of methoxy groups -OCH3 is 2. The first kappa shape index (κ1) is 21.5. The Kier molecular flexibility index (Phi) is 7.24. The van der Waals surface area contributed by atoms with Gasteiger partial charge in [0.05, 0.1) is 36.7 Å². The highest BCUT2D eigenvalue weighted by molar-refractivity contribution is 6.09. The van der Waals surface area contributed by atoms with Crippen LogP contribution in [0.3, 0.4) is 0 Å². The molecule has 2 aromatic carbocycles. The number of nitrogens with zero attached hydrogens (tertiary/aromatic N) is 1. The molecular weight excluding hydrogens is 376 g/mol. The largest absolute Gasteiger partial charge is 0.497 e. The standard InChI is InChI=1S/C22H24N2O3.ClH/c1-5-7-19(25)17-13-23-21-14(2)8-6-9-16(21)22(17)24-18-11-10-15(26-3)12-20(18)27-4;/h6,8-13H,5,7H2,1-4H3,(H,23,24);1H. The SMILES string of the molecule is CCCC(=O)c1cnc2c(C)cccc2c1Nc1ccc(OC)cc1OC.Cl. The quantitative estimate of drug-likeness (QED) is 0.515. The minimum Gasteiger partial charge on any atom is -0.497 e. The Labute approximate surface area is 171 Å². The predicted molar refractivity (Wildman–Crippen MR) is 116 cm³/mol. The number of ether oxygens (including phenoxy) is 2. The van der Waals surface area contributed by atoms with Gasteiger partial charge >= 0.3 is 0 Å². The second kappa shape index (κ2) is 9.42. The van der Waals surface area contributed by atoms with Crippen LogP contribution in [0.2, 0.25) is 0 Å². The van der Waals surface area contributed by atoms with Crippen molar-refractivity contribution in [3.63, 3.8) is 0 Å². The van der Waals surface area contributed by atoms with Gasteiger partial charge in [-0.15, -0.1) is 12.4 Å². The van der Waals surface area contributed by atoms with Crippen LogP contribution in [0.5, 0.6) is 11.5 Å². The van der Waals surface area contributed by atoms with Crippen LogP contribution in [0.15, 0.2) is 42.6 Å². The third kappa shape index (κ3) is 4.20. The fraction of sp³-hybridized carbons (Fsp3) is 0.273. The number of benzene rings is 2. The van der Waals surface area contributed by atoms with Crippen LogP contribution < -0.4 is 14.8 Å². The van der Waals surface area contributed by atoms with Gasteiger partial charge in [0, 0.05) is 24.1 Å². The summed E-state index contributed by atoms with van der Waals surface area (Å²) >= 11 is 0. The zero-order chi connectivity index (χ0) is 19.4. The first-order chi connectivity index (χ1) is 13.1. The number of para-hydroxylation sites is 1. The number of anilines is 2. The predicted octanol–water partition coefficient (Wildman–Crippen LogP) is 5.71. The number of hydrogen-bond acceptors (Lipinski definition) is 5. The molecule has 0 aliphatic rings. The minimum atomic E-state index is 0. The van der Waals surface area contributed by atoms with E-state index in [1.165, 1.54) is 0 Å². The highest BCUT2D eigenvalue weighted by Gasteiger charge is 2.17. The Morgan fingerprint density at radius 1 is 1.14 bits per heavy atom. The number of nitrogens with one attached hydrogen (secondary N) is 1. The van der Waals surface area contributed by atoms with Crippen LogP contribution in [0.25, 0.3) is 10.9 Å². The van der Waals surface area contributed by atoms with Crippen molar-refractivity contribution in [3.8, 4) is 11.5 Å². The van der Waals surface area contributed by atoms with E-state index in [0.717, 1.165) is 34.3 Å². The summed E-state index contributed by atoms with van der Waals surface area (Å²) < 4.78 is 10.8. The van der Waals surface area contributed by atoms with E-state index in [4.69, 9.17) is 9.47 Å². The van der Waals surface area contributed by atoms with Crippen molar-refractivity contribution in [1.29, 1.82) is 0 Å². The highest BCUT2D eigenvalue weighted by Crippen LogP contribution is 2.36. The van der Waals surface area contributed by atoms with E-state index in [0.29, 0.717) is 23.5 Å². The van der Waals surface area contributed by atoms with Gasteiger partial charge in [0.15, 0.2) is 5.78 Å². The number of aryl methyl sites for hydroxylation is 1. The number of Topliss-reactive ketones (excluding diaryl/α,β-unsaturated/α-hetero) is 1. The summed E-state index contributed by atoms with van der Waals surface area (Å²) in [6, 6.07) is 11.5. The molecule has 28 heavy (non-hydrogen) atoms.